The predicted octanol–water partition coefficient (Wildman–Crippen LogP) is 2.95. The highest BCUT2D eigenvalue weighted by Gasteiger charge is 2.47. The summed E-state index contributed by atoms with van der Waals surface area (Å²) in [6.07, 6.45) is 0.967. The van der Waals surface area contributed by atoms with Crippen LogP contribution in [0.4, 0.5) is 0 Å². The standard InChI is InChI=1S/C20H19NO4/c1-24-15-6-4-5-14(11-15)19(23)21-10-9-20(13-21)12-17(22)16-7-2-3-8-18(16)25-20/h2-8,11H,9-10,12-13H2,1H3. The van der Waals surface area contributed by atoms with Gasteiger partial charge in [0.2, 0.25) is 0 Å². The summed E-state index contributed by atoms with van der Waals surface area (Å²) in [7, 11) is 1.58. The van der Waals surface area contributed by atoms with Gasteiger partial charge in [0.1, 0.15) is 17.1 Å². The normalized spacial score (nSPS) is 21.8. The number of amides is 1. The van der Waals surface area contributed by atoms with Crippen LogP contribution in [-0.2, 0) is 0 Å². The monoisotopic (exact) mass is 337 g/mol. The van der Waals surface area contributed by atoms with Crippen LogP contribution in [0.15, 0.2) is 48.5 Å². The Labute approximate surface area is 146 Å². The van der Waals surface area contributed by atoms with Crippen LogP contribution in [0.2, 0.25) is 0 Å². The molecule has 128 valence electrons. The molecule has 1 amide bonds. The minimum atomic E-state index is -0.611. The third kappa shape index (κ3) is 2.76. The molecule has 25 heavy (non-hydrogen) atoms. The van der Waals surface area contributed by atoms with Crippen molar-refractivity contribution in [1.29, 1.82) is 0 Å². The molecule has 4 rings (SSSR count). The molecule has 5 heteroatoms. The summed E-state index contributed by atoms with van der Waals surface area (Å²) in [6.45, 7) is 0.995. The molecule has 2 aromatic carbocycles. The lowest BCUT2D eigenvalue weighted by molar-refractivity contribution is 0.0428. The van der Waals surface area contributed by atoms with Crippen LogP contribution in [0.3, 0.4) is 0 Å². The van der Waals surface area contributed by atoms with Crippen LogP contribution in [0.25, 0.3) is 0 Å². The van der Waals surface area contributed by atoms with E-state index in [1.165, 1.54) is 0 Å². The second-order valence-electron chi connectivity index (χ2n) is 6.59. The van der Waals surface area contributed by atoms with Crippen LogP contribution in [0.1, 0.15) is 33.6 Å². The smallest absolute Gasteiger partial charge is 0.254 e. The maximum absolute atomic E-state index is 12.8. The van der Waals surface area contributed by atoms with Crippen LogP contribution in [0, 0.1) is 0 Å². The van der Waals surface area contributed by atoms with Gasteiger partial charge in [0.25, 0.3) is 5.91 Å². The van der Waals surface area contributed by atoms with E-state index in [-0.39, 0.29) is 11.7 Å². The highest BCUT2D eigenvalue weighted by atomic mass is 16.5. The first-order valence-electron chi connectivity index (χ1n) is 8.35. The number of para-hydroxylation sites is 1. The number of likely N-dealkylation sites (tertiary alicyclic amines) is 1. The van der Waals surface area contributed by atoms with Gasteiger partial charge in [0.15, 0.2) is 5.78 Å². The Bertz CT molecular complexity index is 847. The average molecular weight is 337 g/mol. The van der Waals surface area contributed by atoms with Crippen LogP contribution >= 0.6 is 0 Å². The molecule has 1 fully saturated rings. The molecule has 2 aliphatic heterocycles. The van der Waals surface area contributed by atoms with Crippen molar-refractivity contribution in [2.75, 3.05) is 20.2 Å². The van der Waals surface area contributed by atoms with Gasteiger partial charge in [-0.25, -0.2) is 0 Å². The number of carbonyl (C=O) groups excluding carboxylic acids is 2. The molecule has 0 radical (unpaired) electrons. The fourth-order valence-corrected chi connectivity index (χ4v) is 3.63. The molecule has 0 bridgehead atoms. The number of nitrogens with zero attached hydrogens (tertiary/aromatic N) is 1. The van der Waals surface area contributed by atoms with Crippen molar-refractivity contribution in [2.24, 2.45) is 0 Å². The van der Waals surface area contributed by atoms with Crippen LogP contribution < -0.4 is 9.47 Å². The van der Waals surface area contributed by atoms with Gasteiger partial charge < -0.3 is 14.4 Å². The number of ketones is 1. The summed E-state index contributed by atoms with van der Waals surface area (Å²) in [6, 6.07) is 14.4. The molecule has 1 saturated heterocycles. The fourth-order valence-electron chi connectivity index (χ4n) is 3.63. The second-order valence-corrected chi connectivity index (χ2v) is 6.59. The van der Waals surface area contributed by atoms with Crippen molar-refractivity contribution in [1.82, 2.24) is 4.90 Å². The molecule has 2 aliphatic rings. The summed E-state index contributed by atoms with van der Waals surface area (Å²) in [5.74, 6) is 1.29. The predicted molar refractivity (Wildman–Crippen MR) is 92.3 cm³/mol. The third-order valence-electron chi connectivity index (χ3n) is 4.92. The van der Waals surface area contributed by atoms with E-state index in [0.717, 1.165) is 0 Å². The highest BCUT2D eigenvalue weighted by molar-refractivity contribution is 6.00. The summed E-state index contributed by atoms with van der Waals surface area (Å²) >= 11 is 0. The van der Waals surface area contributed by atoms with Crippen molar-refractivity contribution in [3.05, 3.63) is 59.7 Å². The summed E-state index contributed by atoms with van der Waals surface area (Å²) < 4.78 is 11.4. The van der Waals surface area contributed by atoms with Crippen molar-refractivity contribution in [3.8, 4) is 11.5 Å². The van der Waals surface area contributed by atoms with Crippen LogP contribution in [-0.4, -0.2) is 42.4 Å². The largest absolute Gasteiger partial charge is 0.497 e. The van der Waals surface area contributed by atoms with Crippen LogP contribution in [0.5, 0.6) is 11.5 Å². The van der Waals surface area contributed by atoms with E-state index in [1.54, 1.807) is 36.3 Å². The molecule has 2 aromatic rings. The van der Waals surface area contributed by atoms with E-state index < -0.39 is 5.60 Å². The Hall–Kier alpha value is -2.82. The maximum atomic E-state index is 12.8. The SMILES string of the molecule is COc1cccc(C(=O)N2CCC3(CC(=O)c4ccccc4O3)C2)c1. The van der Waals surface area contributed by atoms with E-state index >= 15 is 0 Å². The number of fused-ring (bicyclic) bond motifs is 1. The van der Waals surface area contributed by atoms with Crippen molar-refractivity contribution < 1.29 is 19.1 Å². The Morgan fingerprint density at radius 3 is 2.88 bits per heavy atom. The van der Waals surface area contributed by atoms with Gasteiger partial charge in [-0.1, -0.05) is 18.2 Å². The van der Waals surface area contributed by atoms with E-state index in [4.69, 9.17) is 9.47 Å². The van der Waals surface area contributed by atoms with Gasteiger partial charge in [-0.2, -0.15) is 0 Å². The molecule has 0 saturated carbocycles. The zero-order chi connectivity index (χ0) is 17.4. The first-order valence-corrected chi connectivity index (χ1v) is 8.35. The molecule has 0 N–H and O–H groups in total. The molecular weight excluding hydrogens is 318 g/mol. The Morgan fingerprint density at radius 1 is 1.20 bits per heavy atom. The fraction of sp³-hybridized carbons (Fsp3) is 0.300. The Morgan fingerprint density at radius 2 is 2.04 bits per heavy atom. The maximum Gasteiger partial charge on any atom is 0.254 e. The molecule has 1 atom stereocenters. The van der Waals surface area contributed by atoms with Crippen molar-refractivity contribution in [3.63, 3.8) is 0 Å². The quantitative estimate of drug-likeness (QED) is 0.845. The lowest BCUT2D eigenvalue weighted by Crippen LogP contribution is -2.45. The topological polar surface area (TPSA) is 55.8 Å². The van der Waals surface area contributed by atoms with Gasteiger partial charge in [-0.15, -0.1) is 0 Å². The van der Waals surface area contributed by atoms with Gasteiger partial charge in [-0.3, -0.25) is 9.59 Å². The number of Topliss-reactive ketones (excluding diaryl/α,β-unsaturated/α-hetero) is 1. The Balaban J connectivity index is 1.55. The second kappa shape index (κ2) is 5.92. The van der Waals surface area contributed by atoms with Gasteiger partial charge in [-0.05, 0) is 30.3 Å². The number of hydrogen-bond donors (Lipinski definition) is 0. The molecule has 5 nitrogen and oxygen atoms in total. The van der Waals surface area contributed by atoms with Gasteiger partial charge in [0.05, 0.1) is 25.6 Å². The molecule has 1 unspecified atom stereocenters. The highest BCUT2D eigenvalue weighted by Crippen LogP contribution is 2.39. The molecular formula is C20H19NO4. The number of benzene rings is 2. The molecule has 0 aliphatic carbocycles. The zero-order valence-electron chi connectivity index (χ0n) is 14.0. The summed E-state index contributed by atoms with van der Waals surface area (Å²) in [5, 5.41) is 0. The van der Waals surface area contributed by atoms with E-state index in [0.29, 0.717) is 48.6 Å². The van der Waals surface area contributed by atoms with Crippen molar-refractivity contribution >= 4 is 11.7 Å². The first-order chi connectivity index (χ1) is 12.1. The zero-order valence-corrected chi connectivity index (χ0v) is 14.0. The molecule has 2 heterocycles. The lowest BCUT2D eigenvalue weighted by atomic mass is 9.89. The minimum Gasteiger partial charge on any atom is -0.497 e. The van der Waals surface area contributed by atoms with E-state index in [1.807, 2.05) is 24.3 Å². The molecule has 1 spiro atoms. The average Bonchev–Trinajstić information content (AvgIpc) is 3.04. The van der Waals surface area contributed by atoms with E-state index in [9.17, 15) is 9.59 Å². The number of ether oxygens (including phenoxy) is 2. The number of hydrogen-bond acceptors (Lipinski definition) is 4. The summed E-state index contributed by atoms with van der Waals surface area (Å²) in [5.41, 5.74) is 0.601. The number of methoxy groups -OCH3 is 1. The Kier molecular flexibility index (Phi) is 3.71. The van der Waals surface area contributed by atoms with E-state index in [2.05, 4.69) is 0 Å². The molecule has 0 aromatic heterocycles. The van der Waals surface area contributed by atoms with Gasteiger partial charge in [0, 0.05) is 18.5 Å². The summed E-state index contributed by atoms with van der Waals surface area (Å²) in [4.78, 5) is 27.0. The van der Waals surface area contributed by atoms with Crippen molar-refractivity contribution in [2.45, 2.75) is 18.4 Å². The minimum absolute atomic E-state index is 0.0642. The number of rotatable bonds is 2. The lowest BCUT2D eigenvalue weighted by Gasteiger charge is -2.34. The first kappa shape index (κ1) is 15.7. The third-order valence-corrected chi connectivity index (χ3v) is 4.92. The van der Waals surface area contributed by atoms with Gasteiger partial charge >= 0.3 is 0 Å². The number of carbonyl (C=O) groups is 2.